The molecule has 0 bridgehead atoms. The second-order valence-corrected chi connectivity index (χ2v) is 7.02. The van der Waals surface area contributed by atoms with Gasteiger partial charge in [-0.15, -0.1) is 0 Å². The van der Waals surface area contributed by atoms with E-state index in [-0.39, 0.29) is 0 Å². The summed E-state index contributed by atoms with van der Waals surface area (Å²) in [5.74, 6) is 0.845. The van der Waals surface area contributed by atoms with E-state index in [0.717, 1.165) is 12.5 Å². The SMILES string of the molecule is Cc1ccc(CN2CCCC2c2ccccc2C2CC2)cc1. The summed E-state index contributed by atoms with van der Waals surface area (Å²) in [6.07, 6.45) is 5.43. The summed E-state index contributed by atoms with van der Waals surface area (Å²) in [7, 11) is 0. The number of hydrogen-bond acceptors (Lipinski definition) is 1. The van der Waals surface area contributed by atoms with Gasteiger partial charge in [0, 0.05) is 12.6 Å². The topological polar surface area (TPSA) is 3.24 Å². The summed E-state index contributed by atoms with van der Waals surface area (Å²) < 4.78 is 0. The molecular formula is C21H25N. The van der Waals surface area contributed by atoms with Gasteiger partial charge < -0.3 is 0 Å². The first kappa shape index (κ1) is 14.0. The van der Waals surface area contributed by atoms with Crippen LogP contribution in [0.1, 0.15) is 59.9 Å². The lowest BCUT2D eigenvalue weighted by atomic mass is 9.95. The highest BCUT2D eigenvalue weighted by Crippen LogP contribution is 2.45. The maximum Gasteiger partial charge on any atom is 0.0354 e. The average molecular weight is 291 g/mol. The second-order valence-electron chi connectivity index (χ2n) is 7.02. The van der Waals surface area contributed by atoms with E-state index in [1.54, 1.807) is 11.1 Å². The van der Waals surface area contributed by atoms with Gasteiger partial charge in [0.1, 0.15) is 0 Å². The molecule has 1 saturated carbocycles. The van der Waals surface area contributed by atoms with E-state index in [4.69, 9.17) is 0 Å². The zero-order valence-corrected chi connectivity index (χ0v) is 13.5. The number of rotatable bonds is 4. The molecule has 1 aliphatic carbocycles. The lowest BCUT2D eigenvalue weighted by Crippen LogP contribution is -2.23. The Kier molecular flexibility index (Phi) is 3.75. The highest BCUT2D eigenvalue weighted by Gasteiger charge is 2.32. The molecule has 0 N–H and O–H groups in total. The van der Waals surface area contributed by atoms with Gasteiger partial charge in [0.2, 0.25) is 0 Å². The molecule has 2 aliphatic rings. The summed E-state index contributed by atoms with van der Waals surface area (Å²) in [4.78, 5) is 2.69. The third-order valence-electron chi connectivity index (χ3n) is 5.24. The molecule has 1 heterocycles. The fourth-order valence-electron chi connectivity index (χ4n) is 3.88. The van der Waals surface area contributed by atoms with Crippen LogP contribution in [0.25, 0.3) is 0 Å². The average Bonchev–Trinajstić information content (AvgIpc) is 3.29. The third kappa shape index (κ3) is 2.83. The quantitative estimate of drug-likeness (QED) is 0.747. The van der Waals surface area contributed by atoms with Gasteiger partial charge in [-0.3, -0.25) is 4.90 Å². The van der Waals surface area contributed by atoms with Crippen LogP contribution in [-0.2, 0) is 6.54 Å². The molecule has 1 heteroatoms. The van der Waals surface area contributed by atoms with Gasteiger partial charge in [-0.05, 0) is 61.8 Å². The minimum atomic E-state index is 0.623. The molecule has 0 spiro atoms. The van der Waals surface area contributed by atoms with E-state index in [1.807, 2.05) is 0 Å². The van der Waals surface area contributed by atoms with Crippen LogP contribution in [0, 0.1) is 6.92 Å². The van der Waals surface area contributed by atoms with Crippen molar-refractivity contribution in [2.24, 2.45) is 0 Å². The lowest BCUT2D eigenvalue weighted by molar-refractivity contribution is 0.247. The van der Waals surface area contributed by atoms with Crippen molar-refractivity contribution in [1.82, 2.24) is 4.90 Å². The van der Waals surface area contributed by atoms with Gasteiger partial charge in [-0.1, -0.05) is 54.1 Å². The van der Waals surface area contributed by atoms with Crippen molar-refractivity contribution in [2.45, 2.75) is 51.1 Å². The van der Waals surface area contributed by atoms with Crippen LogP contribution in [-0.4, -0.2) is 11.4 Å². The van der Waals surface area contributed by atoms with Crippen molar-refractivity contribution in [3.63, 3.8) is 0 Å². The second kappa shape index (κ2) is 5.89. The molecule has 0 amide bonds. The summed E-state index contributed by atoms with van der Waals surface area (Å²) in [5.41, 5.74) is 6.03. The van der Waals surface area contributed by atoms with Crippen molar-refractivity contribution in [3.8, 4) is 0 Å². The smallest absolute Gasteiger partial charge is 0.0354 e. The maximum absolute atomic E-state index is 2.69. The Bertz CT molecular complexity index is 639. The zero-order valence-electron chi connectivity index (χ0n) is 13.5. The number of hydrogen-bond donors (Lipinski definition) is 0. The molecule has 1 nitrogen and oxygen atoms in total. The summed E-state index contributed by atoms with van der Waals surface area (Å²) >= 11 is 0. The van der Waals surface area contributed by atoms with Crippen molar-refractivity contribution in [2.75, 3.05) is 6.54 Å². The summed E-state index contributed by atoms with van der Waals surface area (Å²) in [5, 5.41) is 0. The van der Waals surface area contributed by atoms with E-state index in [0.29, 0.717) is 6.04 Å². The highest BCUT2D eigenvalue weighted by atomic mass is 15.2. The predicted octanol–water partition coefficient (Wildman–Crippen LogP) is 5.21. The molecular weight excluding hydrogens is 266 g/mol. The largest absolute Gasteiger partial charge is 0.292 e. The van der Waals surface area contributed by atoms with Crippen molar-refractivity contribution < 1.29 is 0 Å². The van der Waals surface area contributed by atoms with Gasteiger partial charge in [0.25, 0.3) is 0 Å². The van der Waals surface area contributed by atoms with Gasteiger partial charge in [-0.25, -0.2) is 0 Å². The molecule has 1 saturated heterocycles. The lowest BCUT2D eigenvalue weighted by Gasteiger charge is -2.27. The van der Waals surface area contributed by atoms with Crippen LogP contribution in [0.2, 0.25) is 0 Å². The number of likely N-dealkylation sites (tertiary alicyclic amines) is 1. The van der Waals surface area contributed by atoms with E-state index in [2.05, 4.69) is 60.4 Å². The van der Waals surface area contributed by atoms with E-state index >= 15 is 0 Å². The van der Waals surface area contributed by atoms with E-state index < -0.39 is 0 Å². The molecule has 1 atom stereocenters. The molecule has 4 rings (SSSR count). The standard InChI is InChI=1S/C21H25N/c1-16-8-10-17(11-9-16)15-22-14-4-7-21(22)20-6-3-2-5-19(20)18-12-13-18/h2-3,5-6,8-11,18,21H,4,7,12-15H2,1H3. The number of benzene rings is 2. The Hall–Kier alpha value is -1.60. The van der Waals surface area contributed by atoms with Gasteiger partial charge >= 0.3 is 0 Å². The zero-order chi connectivity index (χ0) is 14.9. The Morgan fingerprint density at radius 1 is 0.909 bits per heavy atom. The van der Waals surface area contributed by atoms with Crippen molar-refractivity contribution in [1.29, 1.82) is 0 Å². The molecule has 2 aromatic carbocycles. The van der Waals surface area contributed by atoms with Crippen LogP contribution < -0.4 is 0 Å². The van der Waals surface area contributed by atoms with Gasteiger partial charge in [-0.2, -0.15) is 0 Å². The van der Waals surface area contributed by atoms with Crippen molar-refractivity contribution >= 4 is 0 Å². The van der Waals surface area contributed by atoms with Crippen LogP contribution in [0.5, 0.6) is 0 Å². The normalized spacial score (nSPS) is 22.1. The minimum Gasteiger partial charge on any atom is -0.292 e. The Morgan fingerprint density at radius 2 is 1.64 bits per heavy atom. The van der Waals surface area contributed by atoms with Crippen molar-refractivity contribution in [3.05, 3.63) is 70.8 Å². The van der Waals surface area contributed by atoms with Crippen LogP contribution in [0.4, 0.5) is 0 Å². The first-order chi connectivity index (χ1) is 10.8. The first-order valence-electron chi connectivity index (χ1n) is 8.70. The Balaban J connectivity index is 1.57. The monoisotopic (exact) mass is 291 g/mol. The molecule has 2 aromatic rings. The van der Waals surface area contributed by atoms with Gasteiger partial charge in [0.15, 0.2) is 0 Å². The van der Waals surface area contributed by atoms with E-state index in [9.17, 15) is 0 Å². The minimum absolute atomic E-state index is 0.623. The molecule has 0 radical (unpaired) electrons. The molecule has 114 valence electrons. The first-order valence-corrected chi connectivity index (χ1v) is 8.70. The molecule has 1 unspecified atom stereocenters. The van der Waals surface area contributed by atoms with Crippen LogP contribution >= 0.6 is 0 Å². The predicted molar refractivity (Wildman–Crippen MR) is 92.0 cm³/mol. The fraction of sp³-hybridized carbons (Fsp3) is 0.429. The molecule has 22 heavy (non-hydrogen) atoms. The van der Waals surface area contributed by atoms with Crippen LogP contribution in [0.3, 0.4) is 0 Å². The number of nitrogens with zero attached hydrogens (tertiary/aromatic N) is 1. The fourth-order valence-corrected chi connectivity index (χ4v) is 3.88. The summed E-state index contributed by atoms with van der Waals surface area (Å²) in [6.45, 7) is 4.48. The summed E-state index contributed by atoms with van der Waals surface area (Å²) in [6, 6.07) is 18.9. The third-order valence-corrected chi connectivity index (χ3v) is 5.24. The Morgan fingerprint density at radius 3 is 2.36 bits per heavy atom. The number of aryl methyl sites for hydroxylation is 1. The maximum atomic E-state index is 2.69. The van der Waals surface area contributed by atoms with Gasteiger partial charge in [0.05, 0.1) is 0 Å². The Labute approximate surface area is 134 Å². The van der Waals surface area contributed by atoms with Crippen LogP contribution in [0.15, 0.2) is 48.5 Å². The molecule has 0 aromatic heterocycles. The molecule has 1 aliphatic heterocycles. The molecule has 2 fully saturated rings. The van der Waals surface area contributed by atoms with E-state index in [1.165, 1.54) is 43.4 Å². The highest BCUT2D eigenvalue weighted by molar-refractivity contribution is 5.36.